The van der Waals surface area contributed by atoms with Gasteiger partial charge >= 0.3 is 5.97 Å². The molecule has 0 radical (unpaired) electrons. The minimum Gasteiger partial charge on any atom is -0.481 e. The molecule has 108 valence electrons. The minimum absolute atomic E-state index is 0.0307. The Kier molecular flexibility index (Phi) is 4.10. The van der Waals surface area contributed by atoms with Crippen molar-refractivity contribution in [3.63, 3.8) is 0 Å². The van der Waals surface area contributed by atoms with Gasteiger partial charge < -0.3 is 19.5 Å². The third-order valence-corrected chi connectivity index (χ3v) is 4.28. The van der Waals surface area contributed by atoms with Crippen LogP contribution in [0.2, 0.25) is 0 Å². The van der Waals surface area contributed by atoms with Crippen LogP contribution in [0.3, 0.4) is 0 Å². The number of carbonyl (C=O) groups excluding carboxylic acids is 1. The lowest BCUT2D eigenvalue weighted by Gasteiger charge is -2.33. The molecule has 6 nitrogen and oxygen atoms in total. The first-order valence-corrected chi connectivity index (χ1v) is 6.60. The number of fused-ring (bicyclic) bond motifs is 1. The van der Waals surface area contributed by atoms with Crippen LogP contribution in [0.15, 0.2) is 0 Å². The number of hydrogen-bond donors (Lipinski definition) is 1. The maximum atomic E-state index is 12.3. The van der Waals surface area contributed by atoms with Crippen LogP contribution in [-0.2, 0) is 19.1 Å². The number of likely N-dealkylation sites (tertiary alicyclic amines) is 1. The van der Waals surface area contributed by atoms with Crippen LogP contribution in [0.4, 0.5) is 0 Å². The van der Waals surface area contributed by atoms with Crippen molar-refractivity contribution in [3.05, 3.63) is 0 Å². The maximum absolute atomic E-state index is 12.3. The number of carboxylic acid groups (broad SMARTS) is 1. The highest BCUT2D eigenvalue weighted by Crippen LogP contribution is 2.42. The van der Waals surface area contributed by atoms with Gasteiger partial charge in [-0.25, -0.2) is 0 Å². The van der Waals surface area contributed by atoms with E-state index in [1.165, 1.54) is 0 Å². The first kappa shape index (κ1) is 14.3. The Morgan fingerprint density at radius 2 is 2.32 bits per heavy atom. The van der Waals surface area contributed by atoms with Crippen molar-refractivity contribution in [2.24, 2.45) is 17.3 Å². The van der Waals surface area contributed by atoms with E-state index < -0.39 is 11.4 Å². The van der Waals surface area contributed by atoms with E-state index in [4.69, 9.17) is 9.47 Å². The molecule has 0 aromatic carbocycles. The van der Waals surface area contributed by atoms with Crippen LogP contribution in [0.1, 0.15) is 13.3 Å². The molecule has 2 rings (SSSR count). The normalized spacial score (nSPS) is 31.9. The lowest BCUT2D eigenvalue weighted by molar-refractivity contribution is -0.157. The smallest absolute Gasteiger partial charge is 0.311 e. The second-order valence-corrected chi connectivity index (χ2v) is 5.56. The van der Waals surface area contributed by atoms with Gasteiger partial charge in [0.2, 0.25) is 5.91 Å². The number of carboxylic acids is 1. The first-order chi connectivity index (χ1) is 9.01. The second kappa shape index (κ2) is 5.46. The molecule has 3 atom stereocenters. The van der Waals surface area contributed by atoms with Crippen LogP contribution in [0.5, 0.6) is 0 Å². The molecule has 6 heteroatoms. The molecule has 0 saturated carbocycles. The first-order valence-electron chi connectivity index (χ1n) is 6.60. The molecule has 0 aromatic rings. The quantitative estimate of drug-likeness (QED) is 0.791. The molecule has 2 heterocycles. The number of amides is 1. The summed E-state index contributed by atoms with van der Waals surface area (Å²) in [5.74, 6) is -1.18. The Hall–Kier alpha value is -1.14. The van der Waals surface area contributed by atoms with Gasteiger partial charge in [-0.15, -0.1) is 0 Å². The number of rotatable bonds is 4. The molecule has 0 aliphatic carbocycles. The van der Waals surface area contributed by atoms with Gasteiger partial charge in [0, 0.05) is 32.7 Å². The van der Waals surface area contributed by atoms with Gasteiger partial charge in [-0.2, -0.15) is 0 Å². The molecule has 1 amide bonds. The second-order valence-electron chi connectivity index (χ2n) is 5.56. The van der Waals surface area contributed by atoms with E-state index in [0.29, 0.717) is 39.3 Å². The van der Waals surface area contributed by atoms with Gasteiger partial charge in [0.25, 0.3) is 0 Å². The summed E-state index contributed by atoms with van der Waals surface area (Å²) in [5.41, 5.74) is -0.819. The maximum Gasteiger partial charge on any atom is 0.311 e. The third-order valence-electron chi connectivity index (χ3n) is 4.28. The van der Waals surface area contributed by atoms with E-state index in [0.717, 1.165) is 0 Å². The van der Waals surface area contributed by atoms with Crippen LogP contribution >= 0.6 is 0 Å². The Morgan fingerprint density at radius 1 is 1.58 bits per heavy atom. The van der Waals surface area contributed by atoms with Crippen molar-refractivity contribution in [1.29, 1.82) is 0 Å². The molecule has 2 aliphatic rings. The SMILES string of the molecule is COCC(C)C(=O)N1C[C@H]2COCC[C@@]2(C(=O)O)C1. The Bertz CT molecular complexity index is 372. The average Bonchev–Trinajstić information content (AvgIpc) is 2.78. The standard InChI is InChI=1S/C13H21NO5/c1-9(6-18-2)11(15)14-5-10-7-19-4-3-13(10,8-14)12(16)17/h9-10H,3-8H2,1-2H3,(H,16,17)/t9?,10-,13+/m0/s1. The van der Waals surface area contributed by atoms with Crippen molar-refractivity contribution in [1.82, 2.24) is 4.90 Å². The van der Waals surface area contributed by atoms with Crippen molar-refractivity contribution in [2.75, 3.05) is 40.0 Å². The third kappa shape index (κ3) is 2.47. The highest BCUT2D eigenvalue weighted by molar-refractivity contribution is 5.82. The molecule has 1 unspecified atom stereocenters. The molecule has 19 heavy (non-hydrogen) atoms. The predicted octanol–water partition coefficient (Wildman–Crippen LogP) is 0.219. The summed E-state index contributed by atoms with van der Waals surface area (Å²) >= 11 is 0. The largest absolute Gasteiger partial charge is 0.481 e. The van der Waals surface area contributed by atoms with E-state index in [9.17, 15) is 14.7 Å². The van der Waals surface area contributed by atoms with E-state index in [-0.39, 0.29) is 17.7 Å². The molecular weight excluding hydrogens is 250 g/mol. The zero-order chi connectivity index (χ0) is 14.0. The monoisotopic (exact) mass is 271 g/mol. The Labute approximate surface area is 112 Å². The fourth-order valence-corrected chi connectivity index (χ4v) is 3.10. The highest BCUT2D eigenvalue weighted by atomic mass is 16.5. The summed E-state index contributed by atoms with van der Waals surface area (Å²) in [4.78, 5) is 25.5. The highest BCUT2D eigenvalue weighted by Gasteiger charge is 2.55. The number of methoxy groups -OCH3 is 1. The summed E-state index contributed by atoms with van der Waals surface area (Å²) < 4.78 is 10.4. The fraction of sp³-hybridized carbons (Fsp3) is 0.846. The number of aliphatic carboxylic acids is 1. The number of hydrogen-bond acceptors (Lipinski definition) is 4. The molecule has 0 spiro atoms. The van der Waals surface area contributed by atoms with Gasteiger partial charge in [-0.3, -0.25) is 9.59 Å². The van der Waals surface area contributed by atoms with Gasteiger partial charge in [-0.05, 0) is 6.42 Å². The van der Waals surface area contributed by atoms with Crippen molar-refractivity contribution in [2.45, 2.75) is 13.3 Å². The molecular formula is C13H21NO5. The van der Waals surface area contributed by atoms with Crippen LogP contribution < -0.4 is 0 Å². The van der Waals surface area contributed by atoms with Crippen molar-refractivity contribution >= 4 is 11.9 Å². The molecule has 0 bridgehead atoms. The van der Waals surface area contributed by atoms with Crippen LogP contribution in [0, 0.1) is 17.3 Å². The van der Waals surface area contributed by atoms with E-state index in [1.807, 2.05) is 0 Å². The van der Waals surface area contributed by atoms with Crippen LogP contribution in [-0.4, -0.2) is 61.9 Å². The summed E-state index contributed by atoms with van der Waals surface area (Å²) in [6.45, 7) is 3.81. The van der Waals surface area contributed by atoms with Gasteiger partial charge in [-0.1, -0.05) is 6.92 Å². The van der Waals surface area contributed by atoms with Gasteiger partial charge in [0.15, 0.2) is 0 Å². The van der Waals surface area contributed by atoms with Gasteiger partial charge in [0.1, 0.15) is 0 Å². The van der Waals surface area contributed by atoms with E-state index in [1.54, 1.807) is 18.9 Å². The average molecular weight is 271 g/mol. The van der Waals surface area contributed by atoms with Crippen molar-refractivity contribution < 1.29 is 24.2 Å². The zero-order valence-electron chi connectivity index (χ0n) is 11.4. The number of carbonyl (C=O) groups is 2. The topological polar surface area (TPSA) is 76.1 Å². The summed E-state index contributed by atoms with van der Waals surface area (Å²) in [5, 5.41) is 9.52. The molecule has 2 aliphatic heterocycles. The minimum atomic E-state index is -0.819. The number of ether oxygens (including phenoxy) is 2. The molecule has 0 aromatic heterocycles. The van der Waals surface area contributed by atoms with Crippen molar-refractivity contribution in [3.8, 4) is 0 Å². The fourth-order valence-electron chi connectivity index (χ4n) is 3.10. The molecule has 2 saturated heterocycles. The Morgan fingerprint density at radius 3 is 2.89 bits per heavy atom. The van der Waals surface area contributed by atoms with E-state index >= 15 is 0 Å². The van der Waals surface area contributed by atoms with Crippen LogP contribution in [0.25, 0.3) is 0 Å². The molecule has 2 fully saturated rings. The van der Waals surface area contributed by atoms with E-state index in [2.05, 4.69) is 0 Å². The molecule has 1 N–H and O–H groups in total. The summed E-state index contributed by atoms with van der Waals surface area (Å²) in [7, 11) is 1.56. The lowest BCUT2D eigenvalue weighted by atomic mass is 9.74. The lowest BCUT2D eigenvalue weighted by Crippen LogP contribution is -2.45. The number of nitrogens with zero attached hydrogens (tertiary/aromatic N) is 1. The Balaban J connectivity index is 2.11. The summed E-state index contributed by atoms with van der Waals surface area (Å²) in [6, 6.07) is 0. The predicted molar refractivity (Wildman–Crippen MR) is 66.6 cm³/mol. The van der Waals surface area contributed by atoms with Gasteiger partial charge in [0.05, 0.1) is 24.5 Å². The summed E-state index contributed by atoms with van der Waals surface area (Å²) in [6.07, 6.45) is 0.482. The zero-order valence-corrected chi connectivity index (χ0v) is 11.4.